The second-order valence-corrected chi connectivity index (χ2v) is 11.1. The van der Waals surface area contributed by atoms with Crippen LogP contribution in [0.1, 0.15) is 0 Å². The number of benzene rings is 3. The maximum atomic E-state index is 14.3. The Bertz CT molecular complexity index is 1400. The van der Waals surface area contributed by atoms with Crippen molar-refractivity contribution in [3.8, 4) is 17.2 Å². The number of aliphatic hydroxyl groups excluding tert-OH is 1. The number of para-hydroxylation sites is 1. The Morgan fingerprint density at radius 3 is 2.21 bits per heavy atom. The van der Waals surface area contributed by atoms with Gasteiger partial charge < -0.3 is 24.2 Å². The third-order valence-corrected chi connectivity index (χ3v) is 8.62. The number of rotatable bonds is 10. The van der Waals surface area contributed by atoms with Crippen molar-refractivity contribution in [3.05, 3.63) is 71.5 Å². The van der Waals surface area contributed by atoms with Gasteiger partial charge in [0.15, 0.2) is 11.5 Å². The van der Waals surface area contributed by atoms with Gasteiger partial charge >= 0.3 is 0 Å². The zero-order valence-electron chi connectivity index (χ0n) is 21.9. The van der Waals surface area contributed by atoms with Crippen LogP contribution in [-0.2, 0) is 10.0 Å². The molecule has 1 heterocycles. The first-order valence-electron chi connectivity index (χ1n) is 12.2. The standard InChI is InChI=1S/C27H31ClFN3O6S/c1-36-24-10-8-19(28)16-23(24)32(39(34,35)20-9-11-25(37-2)26(17-20)38-3)18-27(33)31-14-12-30(13-15-31)22-7-5-4-6-21(22)29/h4-11,16-17,27,33H,12-15,18H2,1-3H3. The fourth-order valence-corrected chi connectivity index (χ4v) is 6.17. The van der Waals surface area contributed by atoms with Crippen molar-refractivity contribution in [2.45, 2.75) is 11.1 Å². The molecule has 0 aliphatic carbocycles. The lowest BCUT2D eigenvalue weighted by Crippen LogP contribution is -2.54. The van der Waals surface area contributed by atoms with Crippen LogP contribution in [0, 0.1) is 5.82 Å². The number of hydrogen-bond acceptors (Lipinski definition) is 8. The van der Waals surface area contributed by atoms with Crippen LogP contribution in [0.15, 0.2) is 65.6 Å². The molecular weight excluding hydrogens is 549 g/mol. The highest BCUT2D eigenvalue weighted by molar-refractivity contribution is 7.92. The molecule has 0 aromatic heterocycles. The summed E-state index contributed by atoms with van der Waals surface area (Å²) in [6, 6.07) is 15.4. The van der Waals surface area contributed by atoms with E-state index in [1.807, 2.05) is 4.90 Å². The number of ether oxygens (including phenoxy) is 3. The van der Waals surface area contributed by atoms with Crippen LogP contribution in [0.5, 0.6) is 17.2 Å². The summed E-state index contributed by atoms with van der Waals surface area (Å²) in [4.78, 5) is 3.58. The largest absolute Gasteiger partial charge is 0.495 e. The van der Waals surface area contributed by atoms with Gasteiger partial charge in [-0.25, -0.2) is 12.8 Å². The highest BCUT2D eigenvalue weighted by Crippen LogP contribution is 2.37. The van der Waals surface area contributed by atoms with Crippen molar-refractivity contribution in [1.29, 1.82) is 0 Å². The number of halogens is 2. The van der Waals surface area contributed by atoms with Gasteiger partial charge in [-0.1, -0.05) is 23.7 Å². The first-order valence-corrected chi connectivity index (χ1v) is 14.0. The Balaban J connectivity index is 1.64. The molecule has 1 atom stereocenters. The first-order chi connectivity index (χ1) is 18.7. The van der Waals surface area contributed by atoms with Crippen LogP contribution in [0.2, 0.25) is 5.02 Å². The summed E-state index contributed by atoms with van der Waals surface area (Å²) in [7, 11) is 0.0505. The third-order valence-electron chi connectivity index (χ3n) is 6.61. The molecule has 1 saturated heterocycles. The summed E-state index contributed by atoms with van der Waals surface area (Å²) < 4.78 is 59.4. The number of nitrogens with zero attached hydrogens (tertiary/aromatic N) is 3. The fraction of sp³-hybridized carbons (Fsp3) is 0.333. The normalized spacial score (nSPS) is 15.1. The molecule has 1 unspecified atom stereocenters. The van der Waals surface area contributed by atoms with E-state index in [2.05, 4.69) is 0 Å². The molecule has 1 N–H and O–H groups in total. The Morgan fingerprint density at radius 2 is 1.56 bits per heavy atom. The molecule has 0 radical (unpaired) electrons. The van der Waals surface area contributed by atoms with Gasteiger partial charge in [0, 0.05) is 37.3 Å². The highest BCUT2D eigenvalue weighted by Gasteiger charge is 2.33. The van der Waals surface area contributed by atoms with Gasteiger partial charge in [0.2, 0.25) is 0 Å². The predicted octanol–water partition coefficient (Wildman–Crippen LogP) is 3.84. The topological polar surface area (TPSA) is 91.8 Å². The predicted molar refractivity (Wildman–Crippen MR) is 148 cm³/mol. The lowest BCUT2D eigenvalue weighted by atomic mass is 10.2. The second-order valence-electron chi connectivity index (χ2n) is 8.82. The fourth-order valence-electron chi connectivity index (χ4n) is 4.52. The van der Waals surface area contributed by atoms with E-state index in [0.29, 0.717) is 42.6 Å². The van der Waals surface area contributed by atoms with Crippen LogP contribution in [0.4, 0.5) is 15.8 Å². The maximum absolute atomic E-state index is 14.3. The SMILES string of the molecule is COc1ccc(S(=O)(=O)N(CC(O)N2CCN(c3ccccc3F)CC2)c2cc(Cl)ccc2OC)cc1OC. The maximum Gasteiger partial charge on any atom is 0.264 e. The summed E-state index contributed by atoms with van der Waals surface area (Å²) in [6.07, 6.45) is -1.17. The van der Waals surface area contributed by atoms with Crippen molar-refractivity contribution in [2.75, 3.05) is 63.3 Å². The van der Waals surface area contributed by atoms with Gasteiger partial charge in [-0.3, -0.25) is 9.21 Å². The zero-order chi connectivity index (χ0) is 28.2. The molecule has 39 heavy (non-hydrogen) atoms. The Kier molecular flexibility index (Phi) is 9.06. The van der Waals surface area contributed by atoms with Gasteiger partial charge in [-0.15, -0.1) is 0 Å². The summed E-state index contributed by atoms with van der Waals surface area (Å²) >= 11 is 6.25. The smallest absolute Gasteiger partial charge is 0.264 e. The molecule has 12 heteroatoms. The summed E-state index contributed by atoms with van der Waals surface area (Å²) in [5.74, 6) is 0.559. The van der Waals surface area contributed by atoms with Gasteiger partial charge in [-0.05, 0) is 42.5 Å². The number of methoxy groups -OCH3 is 3. The molecule has 210 valence electrons. The molecule has 9 nitrogen and oxygen atoms in total. The third kappa shape index (κ3) is 6.17. The quantitative estimate of drug-likeness (QED) is 0.387. The number of aliphatic hydroxyl groups is 1. The van der Waals surface area contributed by atoms with Crippen LogP contribution in [-0.4, -0.2) is 78.7 Å². The van der Waals surface area contributed by atoms with Crippen molar-refractivity contribution in [2.24, 2.45) is 0 Å². The minimum Gasteiger partial charge on any atom is -0.495 e. The lowest BCUT2D eigenvalue weighted by molar-refractivity contribution is 0.00841. The number of sulfonamides is 1. The van der Waals surface area contributed by atoms with Gasteiger partial charge in [-0.2, -0.15) is 0 Å². The molecule has 1 aliphatic heterocycles. The van der Waals surface area contributed by atoms with Crippen LogP contribution < -0.4 is 23.4 Å². The zero-order valence-corrected chi connectivity index (χ0v) is 23.5. The lowest BCUT2D eigenvalue weighted by Gasteiger charge is -2.40. The number of anilines is 2. The van der Waals surface area contributed by atoms with Crippen LogP contribution >= 0.6 is 11.6 Å². The van der Waals surface area contributed by atoms with E-state index in [4.69, 9.17) is 25.8 Å². The van der Waals surface area contributed by atoms with Gasteiger partial charge in [0.1, 0.15) is 17.8 Å². The molecule has 0 amide bonds. The van der Waals surface area contributed by atoms with E-state index < -0.39 is 16.3 Å². The van der Waals surface area contributed by atoms with E-state index >= 15 is 0 Å². The van der Waals surface area contributed by atoms with Crippen LogP contribution in [0.3, 0.4) is 0 Å². The van der Waals surface area contributed by atoms with Gasteiger partial charge in [0.05, 0.1) is 44.1 Å². The molecule has 1 fully saturated rings. The van der Waals surface area contributed by atoms with Crippen LogP contribution in [0.25, 0.3) is 0 Å². The Morgan fingerprint density at radius 1 is 0.923 bits per heavy atom. The summed E-state index contributed by atoms with van der Waals surface area (Å²) in [5, 5.41) is 11.5. The first kappa shape index (κ1) is 28.8. The monoisotopic (exact) mass is 579 g/mol. The van der Waals surface area contributed by atoms with Crippen molar-refractivity contribution < 1.29 is 32.1 Å². The number of hydrogen-bond donors (Lipinski definition) is 1. The molecule has 3 aromatic rings. The van der Waals surface area contributed by atoms with E-state index in [-0.39, 0.29) is 34.4 Å². The average molecular weight is 580 g/mol. The summed E-state index contributed by atoms with van der Waals surface area (Å²) in [5.41, 5.74) is 0.664. The molecule has 4 rings (SSSR count). The van der Waals surface area contributed by atoms with E-state index in [9.17, 15) is 17.9 Å². The molecular formula is C27H31ClFN3O6S. The van der Waals surface area contributed by atoms with Crippen molar-refractivity contribution in [3.63, 3.8) is 0 Å². The highest BCUT2D eigenvalue weighted by atomic mass is 35.5. The minimum absolute atomic E-state index is 0.0706. The van der Waals surface area contributed by atoms with E-state index in [0.717, 1.165) is 4.31 Å². The average Bonchev–Trinajstić information content (AvgIpc) is 2.95. The van der Waals surface area contributed by atoms with Gasteiger partial charge in [0.25, 0.3) is 10.0 Å². The molecule has 1 aliphatic rings. The van der Waals surface area contributed by atoms with E-state index in [1.165, 1.54) is 51.7 Å². The number of piperazine rings is 1. The second kappa shape index (κ2) is 12.3. The molecule has 3 aromatic carbocycles. The Labute approximate surface area is 232 Å². The van der Waals surface area contributed by atoms with Crippen molar-refractivity contribution in [1.82, 2.24) is 4.90 Å². The summed E-state index contributed by atoms with van der Waals surface area (Å²) in [6.45, 7) is 1.40. The minimum atomic E-state index is -4.24. The van der Waals surface area contributed by atoms with Crippen molar-refractivity contribution >= 4 is 33.0 Å². The van der Waals surface area contributed by atoms with E-state index in [1.54, 1.807) is 35.2 Å². The molecule has 0 spiro atoms. The molecule has 0 saturated carbocycles. The Hall–Kier alpha value is -3.25. The molecule has 0 bridgehead atoms.